The Bertz CT molecular complexity index is 771. The SMILES string of the molecule is COCCN=C(N)SCc1cc(F)cc2c1O[C@@H](c1ccccc1)OC2. The number of hydrogen-bond acceptors (Lipinski definition) is 5. The van der Waals surface area contributed by atoms with E-state index in [-0.39, 0.29) is 5.82 Å². The monoisotopic (exact) mass is 376 g/mol. The summed E-state index contributed by atoms with van der Waals surface area (Å²) < 4.78 is 30.7. The summed E-state index contributed by atoms with van der Waals surface area (Å²) in [6, 6.07) is 12.6. The first-order valence-corrected chi connectivity index (χ1v) is 9.22. The highest BCUT2D eigenvalue weighted by Crippen LogP contribution is 2.37. The molecule has 1 aliphatic heterocycles. The van der Waals surface area contributed by atoms with E-state index in [1.807, 2.05) is 30.3 Å². The summed E-state index contributed by atoms with van der Waals surface area (Å²) in [4.78, 5) is 4.20. The van der Waals surface area contributed by atoms with Crippen LogP contribution in [0.1, 0.15) is 23.0 Å². The molecule has 0 radical (unpaired) electrons. The van der Waals surface area contributed by atoms with Gasteiger partial charge in [-0.3, -0.25) is 4.99 Å². The summed E-state index contributed by atoms with van der Waals surface area (Å²) in [7, 11) is 1.61. The average Bonchev–Trinajstić information content (AvgIpc) is 2.66. The number of nitrogens with two attached hydrogens (primary N) is 1. The number of ether oxygens (including phenoxy) is 3. The summed E-state index contributed by atoms with van der Waals surface area (Å²) >= 11 is 1.34. The van der Waals surface area contributed by atoms with Crippen LogP contribution in [-0.4, -0.2) is 25.4 Å². The second-order valence-electron chi connectivity index (χ2n) is 5.73. The highest BCUT2D eigenvalue weighted by atomic mass is 32.2. The van der Waals surface area contributed by atoms with Gasteiger partial charge in [-0.2, -0.15) is 0 Å². The van der Waals surface area contributed by atoms with Crippen LogP contribution < -0.4 is 10.5 Å². The van der Waals surface area contributed by atoms with E-state index in [0.29, 0.717) is 42.0 Å². The van der Waals surface area contributed by atoms with Gasteiger partial charge >= 0.3 is 0 Å². The predicted octanol–water partition coefficient (Wildman–Crippen LogP) is 3.63. The van der Waals surface area contributed by atoms with Crippen LogP contribution in [0.3, 0.4) is 0 Å². The summed E-state index contributed by atoms with van der Waals surface area (Å²) in [6.45, 7) is 1.30. The molecular formula is C19H21FN2O3S. The van der Waals surface area contributed by atoms with Crippen LogP contribution in [0.4, 0.5) is 4.39 Å². The van der Waals surface area contributed by atoms with Crippen LogP contribution in [0.2, 0.25) is 0 Å². The van der Waals surface area contributed by atoms with Crippen molar-refractivity contribution >= 4 is 16.9 Å². The second-order valence-corrected chi connectivity index (χ2v) is 6.72. The lowest BCUT2D eigenvalue weighted by Crippen LogP contribution is -2.19. The Morgan fingerprint density at radius 2 is 2.15 bits per heavy atom. The minimum Gasteiger partial charge on any atom is -0.460 e. The zero-order valence-corrected chi connectivity index (χ0v) is 15.3. The zero-order valence-electron chi connectivity index (χ0n) is 14.5. The van der Waals surface area contributed by atoms with Crippen LogP contribution in [0.15, 0.2) is 47.5 Å². The topological polar surface area (TPSA) is 66.1 Å². The van der Waals surface area contributed by atoms with Crippen molar-refractivity contribution in [3.05, 3.63) is 65.0 Å². The van der Waals surface area contributed by atoms with Gasteiger partial charge in [0.2, 0.25) is 6.29 Å². The Labute approximate surface area is 156 Å². The van der Waals surface area contributed by atoms with Gasteiger partial charge < -0.3 is 19.9 Å². The van der Waals surface area contributed by atoms with E-state index in [9.17, 15) is 4.39 Å². The van der Waals surface area contributed by atoms with Crippen molar-refractivity contribution in [3.8, 4) is 5.75 Å². The van der Waals surface area contributed by atoms with Gasteiger partial charge in [-0.15, -0.1) is 0 Å². The summed E-state index contributed by atoms with van der Waals surface area (Å²) in [5.74, 6) is 0.799. The molecule has 2 aromatic carbocycles. The Morgan fingerprint density at radius 1 is 1.35 bits per heavy atom. The molecule has 0 saturated heterocycles. The molecule has 5 nitrogen and oxygen atoms in total. The van der Waals surface area contributed by atoms with Gasteiger partial charge in [0.1, 0.15) is 11.6 Å². The number of halogens is 1. The molecule has 0 spiro atoms. The van der Waals surface area contributed by atoms with Gasteiger partial charge in [0, 0.05) is 29.6 Å². The number of methoxy groups -OCH3 is 1. The highest BCUT2D eigenvalue weighted by molar-refractivity contribution is 8.13. The van der Waals surface area contributed by atoms with Crippen molar-refractivity contribution in [1.82, 2.24) is 0 Å². The predicted molar refractivity (Wildman–Crippen MR) is 101 cm³/mol. The molecule has 26 heavy (non-hydrogen) atoms. The minimum absolute atomic E-state index is 0.293. The average molecular weight is 376 g/mol. The normalized spacial score (nSPS) is 16.8. The number of rotatable bonds is 6. The number of thioether (sulfide) groups is 1. The maximum Gasteiger partial charge on any atom is 0.227 e. The first-order chi connectivity index (χ1) is 12.7. The molecule has 2 N–H and O–H groups in total. The van der Waals surface area contributed by atoms with Crippen molar-refractivity contribution in [2.45, 2.75) is 18.6 Å². The van der Waals surface area contributed by atoms with E-state index >= 15 is 0 Å². The quantitative estimate of drug-likeness (QED) is 0.474. The standard InChI is InChI=1S/C19H21FN2O3S/c1-23-8-7-22-19(21)26-12-15-10-16(20)9-14-11-24-18(25-17(14)15)13-5-3-2-4-6-13/h2-6,9-10,18H,7-8,11-12H2,1H3,(H2,21,22)/t18-/m0/s1. The van der Waals surface area contributed by atoms with Crippen molar-refractivity contribution in [2.75, 3.05) is 20.3 Å². The number of amidine groups is 1. The van der Waals surface area contributed by atoms with E-state index in [2.05, 4.69) is 4.99 Å². The van der Waals surface area contributed by atoms with E-state index in [1.165, 1.54) is 23.9 Å². The molecule has 2 aromatic rings. The van der Waals surface area contributed by atoms with Crippen LogP contribution in [0.5, 0.6) is 5.75 Å². The van der Waals surface area contributed by atoms with E-state index in [1.54, 1.807) is 7.11 Å². The first kappa shape index (κ1) is 18.7. The highest BCUT2D eigenvalue weighted by Gasteiger charge is 2.25. The van der Waals surface area contributed by atoms with Gasteiger partial charge in [-0.1, -0.05) is 42.1 Å². The van der Waals surface area contributed by atoms with Gasteiger partial charge in [0.05, 0.1) is 19.8 Å². The summed E-state index contributed by atoms with van der Waals surface area (Å²) in [5, 5.41) is 0.437. The molecule has 0 bridgehead atoms. The van der Waals surface area contributed by atoms with Crippen LogP contribution in [-0.2, 0) is 21.8 Å². The van der Waals surface area contributed by atoms with Crippen molar-refractivity contribution in [1.29, 1.82) is 0 Å². The lowest BCUT2D eigenvalue weighted by molar-refractivity contribution is -0.112. The minimum atomic E-state index is -0.509. The molecule has 0 aromatic heterocycles. The number of benzene rings is 2. The van der Waals surface area contributed by atoms with Gasteiger partial charge in [0.15, 0.2) is 5.17 Å². The molecule has 1 aliphatic rings. The lowest BCUT2D eigenvalue weighted by atomic mass is 10.1. The molecule has 3 rings (SSSR count). The zero-order chi connectivity index (χ0) is 18.4. The number of fused-ring (bicyclic) bond motifs is 1. The van der Waals surface area contributed by atoms with Crippen LogP contribution >= 0.6 is 11.8 Å². The van der Waals surface area contributed by atoms with Crippen LogP contribution in [0.25, 0.3) is 0 Å². The summed E-state index contributed by atoms with van der Waals surface area (Å²) in [6.07, 6.45) is -0.509. The Morgan fingerprint density at radius 3 is 2.92 bits per heavy atom. The smallest absolute Gasteiger partial charge is 0.227 e. The Hall–Kier alpha value is -2.09. The van der Waals surface area contributed by atoms with Gasteiger partial charge in [-0.25, -0.2) is 4.39 Å². The van der Waals surface area contributed by atoms with Crippen molar-refractivity contribution < 1.29 is 18.6 Å². The molecule has 0 amide bonds. The Kier molecular flexibility index (Phi) is 6.49. The molecule has 0 saturated carbocycles. The molecule has 0 unspecified atom stereocenters. The van der Waals surface area contributed by atoms with Crippen molar-refractivity contribution in [3.63, 3.8) is 0 Å². The summed E-state index contributed by atoms with van der Waals surface area (Å²) in [5.41, 5.74) is 8.24. The third-order valence-corrected chi connectivity index (χ3v) is 4.71. The third kappa shape index (κ3) is 4.75. The molecule has 0 fully saturated rings. The van der Waals surface area contributed by atoms with Gasteiger partial charge in [-0.05, 0) is 12.1 Å². The van der Waals surface area contributed by atoms with E-state index in [0.717, 1.165) is 11.1 Å². The third-order valence-electron chi connectivity index (χ3n) is 3.83. The van der Waals surface area contributed by atoms with E-state index in [4.69, 9.17) is 19.9 Å². The number of aliphatic imine (C=N–C) groups is 1. The number of nitrogens with zero attached hydrogens (tertiary/aromatic N) is 1. The maximum atomic E-state index is 13.9. The second kappa shape index (κ2) is 9.02. The molecule has 1 atom stereocenters. The first-order valence-electron chi connectivity index (χ1n) is 8.23. The molecule has 0 aliphatic carbocycles. The largest absolute Gasteiger partial charge is 0.460 e. The van der Waals surface area contributed by atoms with Crippen molar-refractivity contribution in [2.24, 2.45) is 10.7 Å². The molecule has 1 heterocycles. The van der Waals surface area contributed by atoms with E-state index < -0.39 is 6.29 Å². The fourth-order valence-corrected chi connectivity index (χ4v) is 3.30. The fourth-order valence-electron chi connectivity index (χ4n) is 2.60. The van der Waals surface area contributed by atoms with Crippen LogP contribution in [0, 0.1) is 5.82 Å². The maximum absolute atomic E-state index is 13.9. The number of hydrogen-bond donors (Lipinski definition) is 1. The molecule has 138 valence electrons. The molecular weight excluding hydrogens is 355 g/mol. The fraction of sp³-hybridized carbons (Fsp3) is 0.316. The Balaban J connectivity index is 1.75. The molecule has 7 heteroatoms. The lowest BCUT2D eigenvalue weighted by Gasteiger charge is -2.28. The van der Waals surface area contributed by atoms with Gasteiger partial charge in [0.25, 0.3) is 0 Å².